The molecule has 0 atom stereocenters. The second-order valence-corrected chi connectivity index (χ2v) is 4.29. The number of Topliss-reactive ketones (excluding diaryl/α,β-unsaturated/α-hetero) is 2. The lowest BCUT2D eigenvalue weighted by Gasteiger charge is -2.02. The highest BCUT2D eigenvalue weighted by atomic mass is 16.5. The Balaban J connectivity index is 2.49. The van der Waals surface area contributed by atoms with Crippen LogP contribution in [-0.2, 0) is 4.79 Å². The molecule has 3 nitrogen and oxygen atoms in total. The fraction of sp³-hybridized carbons (Fsp3) is 0.467. The third-order valence-corrected chi connectivity index (χ3v) is 2.86. The number of carbonyl (C=O) groups is 2. The normalized spacial score (nSPS) is 10.1. The summed E-state index contributed by atoms with van der Waals surface area (Å²) in [6.45, 7) is 2.12. The zero-order chi connectivity index (χ0) is 13.4. The summed E-state index contributed by atoms with van der Waals surface area (Å²) in [5, 5.41) is 0. The van der Waals surface area contributed by atoms with Crippen LogP contribution in [0.2, 0.25) is 0 Å². The maximum atomic E-state index is 11.8. The molecule has 3 heteroatoms. The quantitative estimate of drug-likeness (QED) is 0.402. The minimum Gasteiger partial charge on any atom is -0.497 e. The van der Waals surface area contributed by atoms with Gasteiger partial charge in [0.1, 0.15) is 5.75 Å². The van der Waals surface area contributed by atoms with Crippen molar-refractivity contribution in [3.05, 3.63) is 29.8 Å². The third kappa shape index (κ3) is 4.32. The molecule has 0 saturated carbocycles. The molecule has 98 valence electrons. The molecule has 0 N–H and O–H groups in total. The number of hydrogen-bond donors (Lipinski definition) is 0. The molecule has 0 aliphatic carbocycles. The number of rotatable bonds is 8. The van der Waals surface area contributed by atoms with E-state index in [0.29, 0.717) is 17.7 Å². The molecule has 0 fully saturated rings. The summed E-state index contributed by atoms with van der Waals surface area (Å²) in [5.74, 6) is -0.00707. The molecule has 1 aromatic carbocycles. The summed E-state index contributed by atoms with van der Waals surface area (Å²) >= 11 is 0. The van der Waals surface area contributed by atoms with Gasteiger partial charge in [-0.15, -0.1) is 0 Å². The number of ketones is 2. The van der Waals surface area contributed by atoms with Gasteiger partial charge < -0.3 is 4.74 Å². The van der Waals surface area contributed by atoms with Gasteiger partial charge in [-0.25, -0.2) is 0 Å². The van der Waals surface area contributed by atoms with E-state index in [4.69, 9.17) is 4.74 Å². The van der Waals surface area contributed by atoms with Crippen molar-refractivity contribution in [2.45, 2.75) is 39.0 Å². The van der Waals surface area contributed by atoms with Crippen molar-refractivity contribution >= 4 is 11.6 Å². The molecule has 1 aromatic rings. The maximum absolute atomic E-state index is 11.8. The zero-order valence-corrected chi connectivity index (χ0v) is 11.1. The minimum absolute atomic E-state index is 0.295. The van der Waals surface area contributed by atoms with Gasteiger partial charge in [0.05, 0.1) is 7.11 Å². The maximum Gasteiger partial charge on any atom is 0.228 e. The van der Waals surface area contributed by atoms with Crippen molar-refractivity contribution < 1.29 is 14.3 Å². The van der Waals surface area contributed by atoms with Crippen molar-refractivity contribution in [2.75, 3.05) is 7.11 Å². The molecule has 0 bridgehead atoms. The zero-order valence-electron chi connectivity index (χ0n) is 11.1. The smallest absolute Gasteiger partial charge is 0.228 e. The number of ether oxygens (including phenoxy) is 1. The molecule has 0 radical (unpaired) electrons. The molecular formula is C15H20O3. The van der Waals surface area contributed by atoms with Gasteiger partial charge >= 0.3 is 0 Å². The van der Waals surface area contributed by atoms with Crippen LogP contribution in [0.1, 0.15) is 49.4 Å². The van der Waals surface area contributed by atoms with Crippen molar-refractivity contribution in [3.8, 4) is 5.75 Å². The Morgan fingerprint density at radius 2 is 1.72 bits per heavy atom. The first-order valence-electron chi connectivity index (χ1n) is 6.40. The molecule has 0 amide bonds. The number of hydrogen-bond acceptors (Lipinski definition) is 3. The predicted octanol–water partition coefficient (Wildman–Crippen LogP) is 3.42. The number of methoxy groups -OCH3 is 1. The Hall–Kier alpha value is -1.64. The lowest BCUT2D eigenvalue weighted by Crippen LogP contribution is -2.13. The molecule has 1 rings (SSSR count). The van der Waals surface area contributed by atoms with Crippen LogP contribution in [0.4, 0.5) is 0 Å². The lowest BCUT2D eigenvalue weighted by molar-refractivity contribution is -0.115. The van der Waals surface area contributed by atoms with Gasteiger partial charge in [0, 0.05) is 12.0 Å². The van der Waals surface area contributed by atoms with Gasteiger partial charge in [-0.2, -0.15) is 0 Å². The van der Waals surface area contributed by atoms with Gasteiger partial charge in [0.15, 0.2) is 0 Å². The highest BCUT2D eigenvalue weighted by Crippen LogP contribution is 2.13. The highest BCUT2D eigenvalue weighted by Gasteiger charge is 2.15. The second kappa shape index (κ2) is 7.64. The van der Waals surface area contributed by atoms with E-state index in [1.54, 1.807) is 31.4 Å². The van der Waals surface area contributed by atoms with E-state index < -0.39 is 5.78 Å². The van der Waals surface area contributed by atoms with Crippen LogP contribution in [0.15, 0.2) is 24.3 Å². The van der Waals surface area contributed by atoms with Crippen LogP contribution >= 0.6 is 0 Å². The Labute approximate surface area is 108 Å². The molecule has 0 heterocycles. The molecule has 0 aliphatic heterocycles. The summed E-state index contributed by atoms with van der Waals surface area (Å²) in [6, 6.07) is 6.64. The van der Waals surface area contributed by atoms with E-state index >= 15 is 0 Å². The van der Waals surface area contributed by atoms with E-state index in [1.807, 2.05) is 0 Å². The third-order valence-electron chi connectivity index (χ3n) is 2.86. The molecular weight excluding hydrogens is 228 g/mol. The summed E-state index contributed by atoms with van der Waals surface area (Å²) in [4.78, 5) is 23.5. The monoisotopic (exact) mass is 248 g/mol. The number of carbonyl (C=O) groups excluding carboxylic acids is 2. The average molecular weight is 248 g/mol. The van der Waals surface area contributed by atoms with Crippen LogP contribution < -0.4 is 4.74 Å². The average Bonchev–Trinajstić information content (AvgIpc) is 2.42. The van der Waals surface area contributed by atoms with Crippen molar-refractivity contribution in [1.29, 1.82) is 0 Å². The van der Waals surface area contributed by atoms with Crippen LogP contribution in [0.5, 0.6) is 5.75 Å². The van der Waals surface area contributed by atoms with Crippen molar-refractivity contribution in [3.63, 3.8) is 0 Å². The lowest BCUT2D eigenvalue weighted by atomic mass is 10.0. The van der Waals surface area contributed by atoms with Gasteiger partial charge in [-0.3, -0.25) is 9.59 Å². The van der Waals surface area contributed by atoms with Crippen LogP contribution in [0, 0.1) is 0 Å². The van der Waals surface area contributed by atoms with Crippen LogP contribution in [-0.4, -0.2) is 18.7 Å². The summed E-state index contributed by atoms with van der Waals surface area (Å²) < 4.78 is 5.00. The molecule has 0 spiro atoms. The summed E-state index contributed by atoms with van der Waals surface area (Å²) in [6.07, 6.45) is 4.40. The minimum atomic E-state index is -0.394. The highest BCUT2D eigenvalue weighted by molar-refractivity contribution is 6.43. The second-order valence-electron chi connectivity index (χ2n) is 4.29. The van der Waals surface area contributed by atoms with Crippen LogP contribution in [0.25, 0.3) is 0 Å². The first-order valence-corrected chi connectivity index (χ1v) is 6.40. The van der Waals surface area contributed by atoms with E-state index in [9.17, 15) is 9.59 Å². The number of unbranched alkanes of at least 4 members (excludes halogenated alkanes) is 3. The van der Waals surface area contributed by atoms with E-state index in [0.717, 1.165) is 25.7 Å². The fourth-order valence-electron chi connectivity index (χ4n) is 1.73. The molecule has 0 aromatic heterocycles. The van der Waals surface area contributed by atoms with Gasteiger partial charge in [0.25, 0.3) is 0 Å². The van der Waals surface area contributed by atoms with Crippen molar-refractivity contribution in [2.24, 2.45) is 0 Å². The SMILES string of the molecule is CCCCCCC(=O)C(=O)c1ccc(OC)cc1. The van der Waals surface area contributed by atoms with Crippen LogP contribution in [0.3, 0.4) is 0 Å². The Bertz CT molecular complexity index is 393. The first-order chi connectivity index (χ1) is 8.69. The predicted molar refractivity (Wildman–Crippen MR) is 71.1 cm³/mol. The van der Waals surface area contributed by atoms with E-state index in [-0.39, 0.29) is 5.78 Å². The van der Waals surface area contributed by atoms with Crippen molar-refractivity contribution in [1.82, 2.24) is 0 Å². The standard InChI is InChI=1S/C15H20O3/c1-3-4-5-6-7-14(16)15(17)12-8-10-13(18-2)11-9-12/h8-11H,3-7H2,1-2H3. The Kier molecular flexibility index (Phi) is 6.12. The molecule has 18 heavy (non-hydrogen) atoms. The van der Waals surface area contributed by atoms with E-state index in [1.165, 1.54) is 0 Å². The Morgan fingerprint density at radius 3 is 2.28 bits per heavy atom. The summed E-state index contributed by atoms with van der Waals surface area (Å²) in [5.41, 5.74) is 0.441. The largest absolute Gasteiger partial charge is 0.497 e. The van der Waals surface area contributed by atoms with E-state index in [2.05, 4.69) is 6.92 Å². The Morgan fingerprint density at radius 1 is 1.06 bits per heavy atom. The number of benzene rings is 1. The molecule has 0 aliphatic rings. The summed E-state index contributed by atoms with van der Waals surface area (Å²) in [7, 11) is 1.57. The van der Waals surface area contributed by atoms with Gasteiger partial charge in [-0.05, 0) is 30.7 Å². The topological polar surface area (TPSA) is 43.4 Å². The first kappa shape index (κ1) is 14.4. The molecule has 0 saturated heterocycles. The van der Waals surface area contributed by atoms with Gasteiger partial charge in [0.2, 0.25) is 11.6 Å². The fourth-order valence-corrected chi connectivity index (χ4v) is 1.73. The molecule has 0 unspecified atom stereocenters. The van der Waals surface area contributed by atoms with Gasteiger partial charge in [-0.1, -0.05) is 26.2 Å².